The number of fused-ring (bicyclic) bond motifs is 1. The number of rotatable bonds is 4. The zero-order chi connectivity index (χ0) is 18.9. The maximum atomic E-state index is 13.1. The molecule has 146 valence electrons. The molecule has 0 spiro atoms. The van der Waals surface area contributed by atoms with Gasteiger partial charge in [-0.25, -0.2) is 0 Å². The van der Waals surface area contributed by atoms with Crippen molar-refractivity contribution in [1.82, 2.24) is 0 Å². The van der Waals surface area contributed by atoms with Gasteiger partial charge in [-0.05, 0) is 38.0 Å². The second kappa shape index (κ2) is 5.92. The van der Waals surface area contributed by atoms with E-state index in [0.717, 1.165) is 25.7 Å². The van der Waals surface area contributed by atoms with Gasteiger partial charge in [0.25, 0.3) is 10.1 Å². The number of hydrogen-bond donors (Lipinski definition) is 0. The zero-order valence-electron chi connectivity index (χ0n) is 15.3. The fourth-order valence-corrected chi connectivity index (χ4v) is 7.74. The predicted molar refractivity (Wildman–Crippen MR) is 90.4 cm³/mol. The van der Waals surface area contributed by atoms with Gasteiger partial charge in [0.1, 0.15) is 23.1 Å². The lowest BCUT2D eigenvalue weighted by Gasteiger charge is -2.37. The summed E-state index contributed by atoms with van der Waals surface area (Å²) >= 11 is 0. The molecule has 8 heteroatoms. The van der Waals surface area contributed by atoms with Crippen LogP contribution in [0.1, 0.15) is 52.9 Å². The van der Waals surface area contributed by atoms with Gasteiger partial charge in [0, 0.05) is 18.8 Å². The molecule has 3 aliphatic carbocycles. The van der Waals surface area contributed by atoms with Crippen LogP contribution in [-0.4, -0.2) is 43.4 Å². The Morgan fingerprint density at radius 3 is 2.38 bits per heavy atom. The minimum atomic E-state index is -3.86. The quantitative estimate of drug-likeness (QED) is 0.537. The number of carbonyl (C=O) groups is 2. The molecule has 4 rings (SSSR count). The van der Waals surface area contributed by atoms with Crippen molar-refractivity contribution in [1.29, 1.82) is 0 Å². The standard InChI is InChI=1S/C18H26O7S/c1-9(2)18(6-4-5-7-18)24-17(20)13-11-8-12-15(14(11)23-10(3)19)25-26(21,22)16(12)13/h9,11-16H,4-8H2,1-3H3. The van der Waals surface area contributed by atoms with Crippen molar-refractivity contribution in [3.8, 4) is 0 Å². The van der Waals surface area contributed by atoms with Crippen molar-refractivity contribution in [2.24, 2.45) is 23.7 Å². The highest BCUT2D eigenvalue weighted by Crippen LogP contribution is 2.59. The molecule has 3 saturated carbocycles. The van der Waals surface area contributed by atoms with Crippen molar-refractivity contribution < 1.29 is 31.7 Å². The van der Waals surface area contributed by atoms with Gasteiger partial charge >= 0.3 is 11.9 Å². The second-order valence-electron chi connectivity index (χ2n) is 8.53. The normalized spacial score (nSPS) is 41.5. The summed E-state index contributed by atoms with van der Waals surface area (Å²) in [7, 11) is -3.86. The van der Waals surface area contributed by atoms with Crippen LogP contribution in [0.3, 0.4) is 0 Å². The topological polar surface area (TPSA) is 96.0 Å². The summed E-state index contributed by atoms with van der Waals surface area (Å²) in [5.74, 6) is -2.26. The lowest BCUT2D eigenvalue weighted by molar-refractivity contribution is -0.176. The molecule has 0 N–H and O–H groups in total. The van der Waals surface area contributed by atoms with Crippen LogP contribution in [0.4, 0.5) is 0 Å². The molecule has 0 aromatic rings. The minimum absolute atomic E-state index is 0.168. The van der Waals surface area contributed by atoms with Crippen LogP contribution >= 0.6 is 0 Å². The Kier molecular flexibility index (Phi) is 4.15. The van der Waals surface area contributed by atoms with Gasteiger partial charge in [-0.2, -0.15) is 8.42 Å². The largest absolute Gasteiger partial charge is 0.459 e. The Hall–Kier alpha value is -1.15. The third kappa shape index (κ3) is 2.52. The number of hydrogen-bond acceptors (Lipinski definition) is 7. The highest BCUT2D eigenvalue weighted by Gasteiger charge is 2.72. The first-order valence-electron chi connectivity index (χ1n) is 9.48. The maximum Gasteiger partial charge on any atom is 0.311 e. The summed E-state index contributed by atoms with van der Waals surface area (Å²) in [5, 5.41) is -0.873. The Morgan fingerprint density at radius 1 is 1.15 bits per heavy atom. The van der Waals surface area contributed by atoms with Crippen molar-refractivity contribution in [3.63, 3.8) is 0 Å². The summed E-state index contributed by atoms with van der Waals surface area (Å²) in [6, 6.07) is 0. The first kappa shape index (κ1) is 18.2. The van der Waals surface area contributed by atoms with Crippen LogP contribution in [-0.2, 0) is 33.4 Å². The van der Waals surface area contributed by atoms with Crippen molar-refractivity contribution in [3.05, 3.63) is 0 Å². The Balaban J connectivity index is 1.63. The summed E-state index contributed by atoms with van der Waals surface area (Å²) in [6.45, 7) is 5.35. The minimum Gasteiger partial charge on any atom is -0.459 e. The Morgan fingerprint density at radius 2 is 1.81 bits per heavy atom. The molecule has 0 amide bonds. The van der Waals surface area contributed by atoms with Gasteiger partial charge in [-0.3, -0.25) is 13.8 Å². The van der Waals surface area contributed by atoms with E-state index in [9.17, 15) is 18.0 Å². The van der Waals surface area contributed by atoms with E-state index in [-0.39, 0.29) is 17.8 Å². The van der Waals surface area contributed by atoms with E-state index >= 15 is 0 Å². The molecule has 1 heterocycles. The summed E-state index contributed by atoms with van der Waals surface area (Å²) < 4.78 is 41.6. The third-order valence-corrected chi connectivity index (χ3v) is 8.71. The first-order chi connectivity index (χ1) is 12.2. The third-order valence-electron chi connectivity index (χ3n) is 6.91. The fraction of sp³-hybridized carbons (Fsp3) is 0.889. The molecule has 0 radical (unpaired) electrons. The summed E-state index contributed by atoms with van der Waals surface area (Å²) in [4.78, 5) is 24.6. The summed E-state index contributed by atoms with van der Waals surface area (Å²) in [5.41, 5.74) is -0.515. The Labute approximate surface area is 153 Å². The molecule has 7 nitrogen and oxygen atoms in total. The van der Waals surface area contributed by atoms with Crippen LogP contribution in [0, 0.1) is 23.7 Å². The molecule has 4 aliphatic rings. The van der Waals surface area contributed by atoms with Gasteiger partial charge in [-0.1, -0.05) is 13.8 Å². The SMILES string of the molecule is CC(=O)OC1C2CC3C1OS(=O)(=O)C3C2C(=O)OC1(C(C)C)CCCC1. The van der Waals surface area contributed by atoms with Crippen molar-refractivity contribution in [2.45, 2.75) is 75.9 Å². The fourth-order valence-electron chi connectivity index (χ4n) is 5.68. The highest BCUT2D eigenvalue weighted by atomic mass is 32.2. The molecule has 2 bridgehead atoms. The monoisotopic (exact) mass is 386 g/mol. The van der Waals surface area contributed by atoms with Crippen LogP contribution in [0.25, 0.3) is 0 Å². The molecule has 1 saturated heterocycles. The molecule has 6 atom stereocenters. The second-order valence-corrected chi connectivity index (χ2v) is 10.3. The first-order valence-corrected chi connectivity index (χ1v) is 11.0. The molecule has 0 aromatic carbocycles. The molecular formula is C18H26O7S. The van der Waals surface area contributed by atoms with Crippen molar-refractivity contribution >= 4 is 22.1 Å². The van der Waals surface area contributed by atoms with Gasteiger partial charge in [0.15, 0.2) is 0 Å². The van der Waals surface area contributed by atoms with Crippen LogP contribution in [0.5, 0.6) is 0 Å². The van der Waals surface area contributed by atoms with E-state index in [0.29, 0.717) is 6.42 Å². The lowest BCUT2D eigenvalue weighted by Crippen LogP contribution is -2.48. The highest BCUT2D eigenvalue weighted by molar-refractivity contribution is 7.87. The molecular weight excluding hydrogens is 360 g/mol. The van der Waals surface area contributed by atoms with Gasteiger partial charge in [-0.15, -0.1) is 0 Å². The number of ether oxygens (including phenoxy) is 2. The lowest BCUT2D eigenvalue weighted by atomic mass is 9.83. The van der Waals surface area contributed by atoms with E-state index in [1.807, 2.05) is 13.8 Å². The number of esters is 2. The van der Waals surface area contributed by atoms with E-state index < -0.39 is 51.0 Å². The molecule has 0 aromatic heterocycles. The van der Waals surface area contributed by atoms with E-state index in [2.05, 4.69) is 0 Å². The maximum absolute atomic E-state index is 13.1. The molecule has 4 fully saturated rings. The zero-order valence-corrected chi connectivity index (χ0v) is 16.2. The van der Waals surface area contributed by atoms with Crippen LogP contribution in [0.15, 0.2) is 0 Å². The summed E-state index contributed by atoms with van der Waals surface area (Å²) in [6.07, 6.45) is 2.79. The average molecular weight is 386 g/mol. The van der Waals surface area contributed by atoms with E-state index in [1.165, 1.54) is 6.92 Å². The van der Waals surface area contributed by atoms with Crippen LogP contribution < -0.4 is 0 Å². The van der Waals surface area contributed by atoms with Gasteiger partial charge in [0.05, 0.1) is 5.92 Å². The van der Waals surface area contributed by atoms with E-state index in [1.54, 1.807) is 0 Å². The van der Waals surface area contributed by atoms with Gasteiger partial charge < -0.3 is 9.47 Å². The van der Waals surface area contributed by atoms with Gasteiger partial charge in [0.2, 0.25) is 0 Å². The molecule has 26 heavy (non-hydrogen) atoms. The number of carbonyl (C=O) groups excluding carboxylic acids is 2. The average Bonchev–Trinajstić information content (AvgIpc) is 3.24. The predicted octanol–water partition coefficient (Wildman–Crippen LogP) is 1.79. The van der Waals surface area contributed by atoms with Crippen molar-refractivity contribution in [2.75, 3.05) is 0 Å². The van der Waals surface area contributed by atoms with Crippen LogP contribution in [0.2, 0.25) is 0 Å². The molecule has 1 aliphatic heterocycles. The van der Waals surface area contributed by atoms with E-state index in [4.69, 9.17) is 13.7 Å². The Bertz CT molecular complexity index is 722. The smallest absolute Gasteiger partial charge is 0.311 e. The molecule has 6 unspecified atom stereocenters.